The predicted molar refractivity (Wildman–Crippen MR) is 44.9 cm³/mol. The molecule has 0 aliphatic heterocycles. The highest BCUT2D eigenvalue weighted by atomic mass is 16.7. The molecule has 0 aromatic carbocycles. The van der Waals surface area contributed by atoms with E-state index < -0.39 is 30.3 Å². The number of hydrogen-bond acceptors (Lipinski definition) is 6. The van der Waals surface area contributed by atoms with Crippen LogP contribution < -0.4 is 0 Å². The third-order valence-electron chi connectivity index (χ3n) is 1.47. The number of Topliss-reactive ketones (excluding diaryl/α,β-unsaturated/α-hetero) is 1. The molecule has 14 heavy (non-hydrogen) atoms. The Morgan fingerprint density at radius 3 is 2.14 bits per heavy atom. The highest BCUT2D eigenvalue weighted by Gasteiger charge is 2.34. The van der Waals surface area contributed by atoms with Crippen LogP contribution in [-0.2, 0) is 14.3 Å². The molecule has 0 bridgehead atoms. The monoisotopic (exact) mass is 206 g/mol. The Bertz CT molecular complexity index is 216. The summed E-state index contributed by atoms with van der Waals surface area (Å²) in [5.41, 5.74) is 0. The topological polar surface area (TPSA) is 104 Å². The zero-order valence-corrected chi connectivity index (χ0v) is 8.06. The van der Waals surface area contributed by atoms with Crippen molar-refractivity contribution in [3.63, 3.8) is 0 Å². The SMILES string of the molecule is CCC(OC(=O)CC(C)=O)C(O)(O)O. The van der Waals surface area contributed by atoms with Gasteiger partial charge in [0.05, 0.1) is 0 Å². The van der Waals surface area contributed by atoms with Gasteiger partial charge < -0.3 is 20.1 Å². The Kier molecular flexibility index (Phi) is 4.69. The van der Waals surface area contributed by atoms with Crippen LogP contribution in [0.2, 0.25) is 0 Å². The van der Waals surface area contributed by atoms with Gasteiger partial charge in [-0.05, 0) is 13.3 Å². The highest BCUT2D eigenvalue weighted by molar-refractivity contribution is 5.94. The third-order valence-corrected chi connectivity index (χ3v) is 1.47. The second-order valence-corrected chi connectivity index (χ2v) is 2.95. The van der Waals surface area contributed by atoms with Crippen LogP contribution in [0.3, 0.4) is 0 Å². The van der Waals surface area contributed by atoms with Crippen molar-refractivity contribution in [3.8, 4) is 0 Å². The van der Waals surface area contributed by atoms with Crippen LogP contribution in [0.15, 0.2) is 0 Å². The summed E-state index contributed by atoms with van der Waals surface area (Å²) in [6.45, 7) is 2.69. The van der Waals surface area contributed by atoms with Crippen molar-refractivity contribution in [2.75, 3.05) is 0 Å². The minimum Gasteiger partial charge on any atom is -0.453 e. The van der Waals surface area contributed by atoms with Gasteiger partial charge in [-0.1, -0.05) is 6.92 Å². The van der Waals surface area contributed by atoms with Crippen molar-refractivity contribution in [3.05, 3.63) is 0 Å². The van der Waals surface area contributed by atoms with E-state index in [-0.39, 0.29) is 6.42 Å². The van der Waals surface area contributed by atoms with Crippen LogP contribution in [0.4, 0.5) is 0 Å². The molecule has 0 amide bonds. The lowest BCUT2D eigenvalue weighted by molar-refractivity contribution is -0.356. The fraction of sp³-hybridized carbons (Fsp3) is 0.750. The lowest BCUT2D eigenvalue weighted by Crippen LogP contribution is -2.44. The molecule has 6 nitrogen and oxygen atoms in total. The van der Waals surface area contributed by atoms with Gasteiger partial charge in [0.25, 0.3) is 0 Å². The summed E-state index contributed by atoms with van der Waals surface area (Å²) in [7, 11) is 0. The van der Waals surface area contributed by atoms with E-state index in [4.69, 9.17) is 15.3 Å². The maximum atomic E-state index is 10.9. The van der Waals surface area contributed by atoms with Gasteiger partial charge in [0.15, 0.2) is 6.10 Å². The molecular formula is C8H14O6. The van der Waals surface area contributed by atoms with Crippen molar-refractivity contribution in [1.82, 2.24) is 0 Å². The number of rotatable bonds is 5. The van der Waals surface area contributed by atoms with E-state index in [1.54, 1.807) is 0 Å². The fourth-order valence-electron chi connectivity index (χ4n) is 0.840. The highest BCUT2D eigenvalue weighted by Crippen LogP contribution is 2.11. The molecule has 6 heteroatoms. The summed E-state index contributed by atoms with van der Waals surface area (Å²) >= 11 is 0. The number of ketones is 1. The smallest absolute Gasteiger partial charge is 0.314 e. The van der Waals surface area contributed by atoms with E-state index in [1.807, 2.05) is 0 Å². The van der Waals surface area contributed by atoms with Crippen molar-refractivity contribution < 1.29 is 29.6 Å². The summed E-state index contributed by atoms with van der Waals surface area (Å²) in [6, 6.07) is 0. The zero-order valence-electron chi connectivity index (χ0n) is 8.06. The fourth-order valence-corrected chi connectivity index (χ4v) is 0.840. The van der Waals surface area contributed by atoms with Crippen molar-refractivity contribution in [2.24, 2.45) is 0 Å². The molecule has 0 saturated carbocycles. The van der Waals surface area contributed by atoms with Crippen LogP contribution in [0, 0.1) is 0 Å². The van der Waals surface area contributed by atoms with Crippen molar-refractivity contribution in [2.45, 2.75) is 38.8 Å². The Morgan fingerprint density at radius 2 is 1.86 bits per heavy atom. The molecule has 0 spiro atoms. The van der Waals surface area contributed by atoms with Gasteiger partial charge in [-0.3, -0.25) is 9.59 Å². The summed E-state index contributed by atoms with van der Waals surface area (Å²) in [6.07, 6.45) is -1.88. The molecule has 0 aliphatic carbocycles. The van der Waals surface area contributed by atoms with E-state index in [2.05, 4.69) is 4.74 Å². The van der Waals surface area contributed by atoms with Crippen molar-refractivity contribution >= 4 is 11.8 Å². The molecule has 0 heterocycles. The van der Waals surface area contributed by atoms with E-state index in [0.29, 0.717) is 0 Å². The first-order valence-electron chi connectivity index (χ1n) is 4.13. The maximum absolute atomic E-state index is 10.9. The van der Waals surface area contributed by atoms with Crippen LogP contribution in [0.25, 0.3) is 0 Å². The van der Waals surface area contributed by atoms with Gasteiger partial charge in [0.1, 0.15) is 12.2 Å². The first kappa shape index (κ1) is 13.0. The number of carbonyl (C=O) groups excluding carboxylic acids is 2. The van der Waals surface area contributed by atoms with E-state index >= 15 is 0 Å². The van der Waals surface area contributed by atoms with Gasteiger partial charge in [0.2, 0.25) is 0 Å². The van der Waals surface area contributed by atoms with Crippen LogP contribution >= 0.6 is 0 Å². The number of hydrogen-bond donors (Lipinski definition) is 3. The Labute approximate surface area is 81.1 Å². The average Bonchev–Trinajstić information content (AvgIpc) is 1.96. The zero-order chi connectivity index (χ0) is 11.4. The van der Waals surface area contributed by atoms with Gasteiger partial charge in [-0.2, -0.15) is 0 Å². The van der Waals surface area contributed by atoms with Crippen LogP contribution in [-0.4, -0.2) is 39.1 Å². The molecule has 1 unspecified atom stereocenters. The first-order chi connectivity index (χ1) is 6.27. The number of ether oxygens (including phenoxy) is 1. The summed E-state index contributed by atoms with van der Waals surface area (Å²) < 4.78 is 4.47. The summed E-state index contributed by atoms with van der Waals surface area (Å²) in [5, 5.41) is 26.1. The minimum atomic E-state index is -3.07. The lowest BCUT2D eigenvalue weighted by Gasteiger charge is -2.24. The standard InChI is InChI=1S/C8H14O6/c1-3-6(8(11,12)13)14-7(10)4-5(2)9/h6,11-13H,3-4H2,1-2H3. The molecule has 0 aliphatic rings. The van der Waals surface area contributed by atoms with Gasteiger partial charge in [-0.15, -0.1) is 0 Å². The Morgan fingerprint density at radius 1 is 1.36 bits per heavy atom. The van der Waals surface area contributed by atoms with Gasteiger partial charge >= 0.3 is 11.9 Å². The average molecular weight is 206 g/mol. The predicted octanol–water partition coefficient (Wildman–Crippen LogP) is -1.08. The summed E-state index contributed by atoms with van der Waals surface area (Å²) in [4.78, 5) is 21.4. The number of aliphatic hydroxyl groups is 3. The quantitative estimate of drug-likeness (QED) is 0.300. The molecule has 0 aromatic heterocycles. The third kappa shape index (κ3) is 4.90. The minimum absolute atomic E-state index is 0.0210. The first-order valence-corrected chi connectivity index (χ1v) is 4.13. The summed E-state index contributed by atoms with van der Waals surface area (Å²) in [5.74, 6) is -4.36. The van der Waals surface area contributed by atoms with Gasteiger partial charge in [0, 0.05) is 0 Å². The molecule has 0 saturated heterocycles. The van der Waals surface area contributed by atoms with E-state index in [1.165, 1.54) is 13.8 Å². The van der Waals surface area contributed by atoms with Gasteiger partial charge in [-0.25, -0.2) is 0 Å². The molecule has 0 rings (SSSR count). The maximum Gasteiger partial charge on any atom is 0.314 e. The van der Waals surface area contributed by atoms with Crippen molar-refractivity contribution in [1.29, 1.82) is 0 Å². The van der Waals surface area contributed by atoms with E-state index in [9.17, 15) is 9.59 Å². The second-order valence-electron chi connectivity index (χ2n) is 2.95. The molecule has 82 valence electrons. The normalized spacial score (nSPS) is 13.5. The largest absolute Gasteiger partial charge is 0.453 e. The lowest BCUT2D eigenvalue weighted by atomic mass is 10.2. The molecule has 0 fully saturated rings. The molecular weight excluding hydrogens is 192 g/mol. The van der Waals surface area contributed by atoms with Crippen LogP contribution in [0.1, 0.15) is 26.7 Å². The van der Waals surface area contributed by atoms with Crippen LogP contribution in [0.5, 0.6) is 0 Å². The number of esters is 1. The molecule has 0 aromatic rings. The Balaban J connectivity index is 4.19. The molecule has 1 atom stereocenters. The second kappa shape index (κ2) is 5.04. The van der Waals surface area contributed by atoms with E-state index in [0.717, 1.165) is 0 Å². The number of carbonyl (C=O) groups is 2. The molecule has 0 radical (unpaired) electrons. The molecule has 3 N–H and O–H groups in total. The Hall–Kier alpha value is -0.980.